The molecule has 4 heterocycles. The van der Waals surface area contributed by atoms with Crippen LogP contribution in [-0.4, -0.2) is 38.3 Å². The second kappa shape index (κ2) is 11.7. The number of furan rings is 1. The van der Waals surface area contributed by atoms with Gasteiger partial charge in [0.1, 0.15) is 18.0 Å². The maximum absolute atomic E-state index is 11.6. The normalized spacial score (nSPS) is 18.5. The van der Waals surface area contributed by atoms with Crippen molar-refractivity contribution in [3.05, 3.63) is 93.6 Å². The molecule has 43 heavy (non-hydrogen) atoms. The highest BCUT2D eigenvalue weighted by molar-refractivity contribution is 6.36. The minimum atomic E-state index is -0.936. The van der Waals surface area contributed by atoms with Crippen molar-refractivity contribution in [2.24, 2.45) is 5.92 Å². The minimum absolute atomic E-state index is 0.144. The standard InChI is InChI=1S/C33H29Cl2N3O5/c34-25-10-8-22(32-24(25)16-29(35)43-32)18-42-31-3-1-2-26(37-31)20-6-4-19(5-7-20)14-30-36-27-11-9-21(33(39)40)15-28(27)38(30)17-23-12-13-41-23/h1-3,6,8-11,15-16,19,23H,4-5,7,12-14,17-18H2,(H,39,40)/t19?,23-/m0/s1. The highest BCUT2D eigenvalue weighted by Crippen LogP contribution is 2.34. The van der Waals surface area contributed by atoms with Crippen LogP contribution in [0.5, 0.6) is 5.88 Å². The van der Waals surface area contributed by atoms with Crippen LogP contribution in [-0.2, 0) is 24.3 Å². The van der Waals surface area contributed by atoms with Crippen molar-refractivity contribution in [2.45, 2.75) is 51.4 Å². The van der Waals surface area contributed by atoms with Gasteiger partial charge in [-0.1, -0.05) is 29.8 Å². The number of carbonyl (C=O) groups is 1. The summed E-state index contributed by atoms with van der Waals surface area (Å²) in [6.07, 6.45) is 7.06. The van der Waals surface area contributed by atoms with Gasteiger partial charge in [-0.2, -0.15) is 0 Å². The molecule has 0 radical (unpaired) electrons. The largest absolute Gasteiger partial charge is 0.478 e. The van der Waals surface area contributed by atoms with Crippen LogP contribution >= 0.6 is 23.2 Å². The summed E-state index contributed by atoms with van der Waals surface area (Å²) in [4.78, 5) is 21.3. The van der Waals surface area contributed by atoms with Crippen LogP contribution in [0.1, 0.15) is 53.1 Å². The fourth-order valence-corrected chi connectivity index (χ4v) is 6.31. The van der Waals surface area contributed by atoms with Crippen molar-refractivity contribution in [3.63, 3.8) is 0 Å². The topological polar surface area (TPSA) is 99.6 Å². The maximum atomic E-state index is 11.6. The maximum Gasteiger partial charge on any atom is 0.335 e. The summed E-state index contributed by atoms with van der Waals surface area (Å²) in [6, 6.07) is 16.4. The molecule has 1 fully saturated rings. The second-order valence-electron chi connectivity index (χ2n) is 11.2. The van der Waals surface area contributed by atoms with Gasteiger partial charge in [-0.15, -0.1) is 0 Å². The fourth-order valence-electron chi connectivity index (χ4n) is 5.92. The van der Waals surface area contributed by atoms with Crippen LogP contribution < -0.4 is 4.74 Å². The Labute approximate surface area is 257 Å². The van der Waals surface area contributed by atoms with E-state index in [1.165, 1.54) is 5.57 Å². The van der Waals surface area contributed by atoms with Crippen molar-refractivity contribution >= 4 is 56.7 Å². The molecule has 1 aliphatic heterocycles. The summed E-state index contributed by atoms with van der Waals surface area (Å²) in [5.41, 5.74) is 5.52. The summed E-state index contributed by atoms with van der Waals surface area (Å²) >= 11 is 12.3. The monoisotopic (exact) mass is 617 g/mol. The van der Waals surface area contributed by atoms with Crippen LogP contribution in [0.4, 0.5) is 0 Å². The molecule has 2 aliphatic rings. The molecule has 5 aromatic rings. The lowest BCUT2D eigenvalue weighted by atomic mass is 9.86. The summed E-state index contributed by atoms with van der Waals surface area (Å²) in [5, 5.41) is 11.1. The molecule has 1 saturated heterocycles. The number of aromatic nitrogens is 3. The number of halogens is 2. The molecule has 0 saturated carbocycles. The van der Waals surface area contributed by atoms with Gasteiger partial charge < -0.3 is 23.6 Å². The van der Waals surface area contributed by atoms with Crippen LogP contribution in [0.3, 0.4) is 0 Å². The Morgan fingerprint density at radius 3 is 2.74 bits per heavy atom. The lowest BCUT2D eigenvalue weighted by Gasteiger charge is -2.28. The Hall–Kier alpha value is -3.85. The van der Waals surface area contributed by atoms with Gasteiger partial charge >= 0.3 is 5.97 Å². The molecule has 2 atom stereocenters. The second-order valence-corrected chi connectivity index (χ2v) is 11.9. The number of carboxylic acid groups (broad SMARTS) is 1. The van der Waals surface area contributed by atoms with E-state index < -0.39 is 5.97 Å². The molecule has 1 aliphatic carbocycles. The predicted octanol–water partition coefficient (Wildman–Crippen LogP) is 7.98. The third-order valence-corrected chi connectivity index (χ3v) is 8.87. The summed E-state index contributed by atoms with van der Waals surface area (Å²) < 4.78 is 19.6. The number of hydrogen-bond donors (Lipinski definition) is 1. The molecule has 7 rings (SSSR count). The molecule has 220 valence electrons. The SMILES string of the molecule is O=C(O)c1ccc2nc(CC3CC=C(c4cccc(OCc5ccc(Cl)c6cc(Cl)oc56)n4)CC3)n(C[C@@H]3CCO3)c2c1. The first-order valence-corrected chi connectivity index (χ1v) is 15.2. The van der Waals surface area contributed by atoms with Gasteiger partial charge in [0.25, 0.3) is 0 Å². The highest BCUT2D eigenvalue weighted by Gasteiger charge is 2.25. The van der Waals surface area contributed by atoms with Crippen molar-refractivity contribution < 1.29 is 23.8 Å². The van der Waals surface area contributed by atoms with E-state index in [2.05, 4.69) is 10.6 Å². The van der Waals surface area contributed by atoms with Crippen LogP contribution in [0.2, 0.25) is 10.2 Å². The lowest BCUT2D eigenvalue weighted by molar-refractivity contribution is -0.0590. The number of ether oxygens (including phenoxy) is 2. The van der Waals surface area contributed by atoms with Crippen molar-refractivity contribution in [2.75, 3.05) is 6.61 Å². The Kier molecular flexibility index (Phi) is 7.59. The molecule has 0 bridgehead atoms. The molecule has 3 aromatic heterocycles. The van der Waals surface area contributed by atoms with Gasteiger partial charge in [0.05, 0.1) is 40.0 Å². The summed E-state index contributed by atoms with van der Waals surface area (Å²) in [5.74, 6) is 1.01. The first-order chi connectivity index (χ1) is 20.9. The van der Waals surface area contributed by atoms with E-state index in [1.54, 1.807) is 24.3 Å². The summed E-state index contributed by atoms with van der Waals surface area (Å²) in [6.45, 7) is 1.73. The number of fused-ring (bicyclic) bond motifs is 2. The predicted molar refractivity (Wildman–Crippen MR) is 165 cm³/mol. The lowest BCUT2D eigenvalue weighted by Crippen LogP contribution is -2.32. The number of aromatic carboxylic acids is 1. The van der Waals surface area contributed by atoms with E-state index in [4.69, 9.17) is 47.1 Å². The smallest absolute Gasteiger partial charge is 0.335 e. The molecular formula is C33H29Cl2N3O5. The van der Waals surface area contributed by atoms with E-state index in [0.29, 0.717) is 28.9 Å². The van der Waals surface area contributed by atoms with Gasteiger partial charge in [0.15, 0.2) is 5.22 Å². The number of hydrogen-bond acceptors (Lipinski definition) is 6. The Balaban J connectivity index is 1.05. The van der Waals surface area contributed by atoms with Crippen molar-refractivity contribution in [3.8, 4) is 5.88 Å². The minimum Gasteiger partial charge on any atom is -0.478 e. The number of nitrogens with zero attached hydrogens (tertiary/aromatic N) is 3. The van der Waals surface area contributed by atoms with Crippen LogP contribution in [0, 0.1) is 5.92 Å². The van der Waals surface area contributed by atoms with Gasteiger partial charge in [-0.3, -0.25) is 0 Å². The first-order valence-electron chi connectivity index (χ1n) is 14.4. The molecule has 2 aromatic carbocycles. The number of allylic oxidation sites excluding steroid dienone is 2. The highest BCUT2D eigenvalue weighted by atomic mass is 35.5. The van der Waals surface area contributed by atoms with Gasteiger partial charge in [-0.05, 0) is 79.1 Å². The molecule has 1 N–H and O–H groups in total. The molecule has 0 amide bonds. The Bertz CT molecular complexity index is 1870. The van der Waals surface area contributed by atoms with Gasteiger partial charge in [0, 0.05) is 36.1 Å². The van der Waals surface area contributed by atoms with E-state index in [-0.39, 0.29) is 23.5 Å². The number of carboxylic acids is 1. The number of imidazole rings is 1. The third kappa shape index (κ3) is 5.75. The molecular weight excluding hydrogens is 589 g/mol. The average molecular weight is 619 g/mol. The van der Waals surface area contributed by atoms with Crippen LogP contribution in [0.15, 0.2) is 65.1 Å². The molecule has 8 nitrogen and oxygen atoms in total. The van der Waals surface area contributed by atoms with Crippen molar-refractivity contribution in [1.29, 1.82) is 0 Å². The zero-order valence-corrected chi connectivity index (χ0v) is 24.8. The van der Waals surface area contributed by atoms with E-state index in [0.717, 1.165) is 72.2 Å². The van der Waals surface area contributed by atoms with Crippen molar-refractivity contribution in [1.82, 2.24) is 14.5 Å². The molecule has 0 spiro atoms. The molecule has 1 unspecified atom stereocenters. The average Bonchev–Trinajstić information content (AvgIpc) is 3.55. The zero-order valence-electron chi connectivity index (χ0n) is 23.3. The van der Waals surface area contributed by atoms with E-state index in [9.17, 15) is 9.90 Å². The number of pyridine rings is 1. The van der Waals surface area contributed by atoms with E-state index in [1.807, 2.05) is 30.3 Å². The summed E-state index contributed by atoms with van der Waals surface area (Å²) in [7, 11) is 0. The van der Waals surface area contributed by atoms with Gasteiger partial charge in [-0.25, -0.2) is 14.8 Å². The van der Waals surface area contributed by atoms with Gasteiger partial charge in [0.2, 0.25) is 5.88 Å². The fraction of sp³-hybridized carbons (Fsp3) is 0.303. The number of rotatable bonds is 9. The Morgan fingerprint density at radius 1 is 1.09 bits per heavy atom. The van der Waals surface area contributed by atoms with E-state index >= 15 is 0 Å². The van der Waals surface area contributed by atoms with Crippen LogP contribution in [0.25, 0.3) is 27.6 Å². The number of benzene rings is 2. The quantitative estimate of drug-likeness (QED) is 0.179. The molecule has 10 heteroatoms. The Morgan fingerprint density at radius 2 is 1.98 bits per heavy atom. The third-order valence-electron chi connectivity index (χ3n) is 8.35. The first kappa shape index (κ1) is 28.0. The zero-order chi connectivity index (χ0) is 29.5.